The van der Waals surface area contributed by atoms with Crippen LogP contribution in [-0.4, -0.2) is 11.4 Å². The van der Waals surface area contributed by atoms with Gasteiger partial charge in [-0.15, -0.1) is 0 Å². The highest BCUT2D eigenvalue weighted by Gasteiger charge is 2.72. The average molecular weight is 164 g/mol. The van der Waals surface area contributed by atoms with Gasteiger partial charge in [-0.1, -0.05) is 0 Å². The van der Waals surface area contributed by atoms with Gasteiger partial charge in [-0.2, -0.15) is 0 Å². The fraction of sp³-hybridized carbons (Fsp3) is 1.00. The molecule has 0 aliphatic carbocycles. The van der Waals surface area contributed by atoms with E-state index in [9.17, 15) is 4.57 Å². The van der Waals surface area contributed by atoms with Crippen LogP contribution in [0.5, 0.6) is 0 Å². The molecule has 10 heavy (non-hydrogen) atoms. The van der Waals surface area contributed by atoms with Gasteiger partial charge in [0.1, 0.15) is 5.60 Å². The van der Waals surface area contributed by atoms with Crippen molar-refractivity contribution in [2.24, 2.45) is 0 Å². The first-order valence-electron chi connectivity index (χ1n) is 3.09. The number of rotatable bonds is 0. The summed E-state index contributed by atoms with van der Waals surface area (Å²) in [7, 11) is -3.09. The van der Waals surface area contributed by atoms with E-state index in [0.29, 0.717) is 0 Å². The quantitative estimate of drug-likeness (QED) is 0.511. The van der Waals surface area contributed by atoms with Gasteiger partial charge >= 0.3 is 7.82 Å². The van der Waals surface area contributed by atoms with Gasteiger partial charge in [0, 0.05) is 0 Å². The molecule has 5 heteroatoms. The molecule has 3 aliphatic heterocycles. The minimum atomic E-state index is -3.09. The fourth-order valence-corrected chi connectivity index (χ4v) is 3.16. The molecule has 3 aliphatic rings. The molecule has 0 aromatic heterocycles. The van der Waals surface area contributed by atoms with Crippen molar-refractivity contribution in [3.05, 3.63) is 0 Å². The second kappa shape index (κ2) is 1.34. The largest absolute Gasteiger partial charge is 0.480 e. The van der Waals surface area contributed by atoms with Gasteiger partial charge in [-0.25, -0.2) is 4.57 Å². The van der Waals surface area contributed by atoms with Crippen molar-refractivity contribution >= 4 is 7.82 Å². The fourth-order valence-electron chi connectivity index (χ4n) is 1.05. The molecular weight excluding hydrogens is 155 g/mol. The molecule has 0 N–H and O–H groups in total. The highest BCUT2D eigenvalue weighted by Crippen LogP contribution is 2.77. The van der Waals surface area contributed by atoms with Crippen molar-refractivity contribution in [2.45, 2.75) is 32.2 Å². The van der Waals surface area contributed by atoms with Crippen LogP contribution >= 0.6 is 7.82 Å². The summed E-state index contributed by atoms with van der Waals surface area (Å²) in [6.07, 6.45) is 0. The Morgan fingerprint density at radius 1 is 1.10 bits per heavy atom. The van der Waals surface area contributed by atoms with E-state index in [1.807, 2.05) is 0 Å². The maximum Gasteiger partial charge on any atom is 0.480 e. The smallest absolute Gasteiger partial charge is 0.275 e. The van der Waals surface area contributed by atoms with Crippen LogP contribution in [-0.2, 0) is 18.1 Å². The second-order valence-electron chi connectivity index (χ2n) is 3.18. The van der Waals surface area contributed by atoms with Crippen LogP contribution in [0.1, 0.15) is 20.8 Å². The van der Waals surface area contributed by atoms with Gasteiger partial charge in [0.25, 0.3) is 0 Å². The van der Waals surface area contributed by atoms with E-state index < -0.39 is 19.2 Å². The first-order chi connectivity index (χ1) is 4.37. The van der Waals surface area contributed by atoms with Crippen molar-refractivity contribution in [2.75, 3.05) is 0 Å². The second-order valence-corrected chi connectivity index (χ2v) is 4.62. The normalized spacial score (nSPS) is 56.3. The number of phosphoric ester groups is 1. The Bertz CT molecular complexity index is 221. The topological polar surface area (TPSA) is 44.8 Å². The van der Waals surface area contributed by atoms with E-state index >= 15 is 0 Å². The lowest BCUT2D eigenvalue weighted by Crippen LogP contribution is -2.47. The molecule has 0 amide bonds. The van der Waals surface area contributed by atoms with Crippen LogP contribution in [0.4, 0.5) is 0 Å². The standard InChI is InChI=1S/C5H9O4P/c1-4(2)5(3)8-10(6,7-4)9-5/h1-3H3. The Balaban J connectivity index is 2.41. The van der Waals surface area contributed by atoms with Gasteiger partial charge in [-0.05, 0) is 20.8 Å². The summed E-state index contributed by atoms with van der Waals surface area (Å²) in [5, 5.41) is 0. The van der Waals surface area contributed by atoms with Gasteiger partial charge in [-0.3, -0.25) is 13.6 Å². The van der Waals surface area contributed by atoms with Crippen molar-refractivity contribution in [1.82, 2.24) is 0 Å². The molecule has 4 nitrogen and oxygen atoms in total. The summed E-state index contributed by atoms with van der Waals surface area (Å²) in [4.78, 5) is 0. The predicted molar refractivity (Wildman–Crippen MR) is 33.3 cm³/mol. The third-order valence-electron chi connectivity index (χ3n) is 2.01. The van der Waals surface area contributed by atoms with Gasteiger partial charge < -0.3 is 0 Å². The third-order valence-corrected chi connectivity index (χ3v) is 3.83. The molecule has 58 valence electrons. The maximum absolute atomic E-state index is 11.0. The zero-order valence-electron chi connectivity index (χ0n) is 6.08. The van der Waals surface area contributed by atoms with Crippen LogP contribution in [0, 0.1) is 0 Å². The van der Waals surface area contributed by atoms with Gasteiger partial charge in [0.2, 0.25) is 5.79 Å². The van der Waals surface area contributed by atoms with Crippen molar-refractivity contribution in [3.63, 3.8) is 0 Å². The van der Waals surface area contributed by atoms with Crippen LogP contribution in [0.2, 0.25) is 0 Å². The molecule has 0 aromatic rings. The molecule has 0 aromatic carbocycles. The minimum absolute atomic E-state index is 0.581. The van der Waals surface area contributed by atoms with Crippen molar-refractivity contribution in [1.29, 1.82) is 0 Å². The number of fused-ring (bicyclic) bond motifs is 1. The SMILES string of the molecule is CC1(C)OP2(=O)OC1(C)O2. The molecular formula is C5H9O4P. The Kier molecular flexibility index (Phi) is 0.914. The Labute approximate surface area is 59.1 Å². The third kappa shape index (κ3) is 0.558. The average Bonchev–Trinajstić information content (AvgIpc) is 1.79. The molecule has 0 saturated carbocycles. The lowest BCUT2D eigenvalue weighted by atomic mass is 10.0. The molecule has 3 rings (SSSR count). The van der Waals surface area contributed by atoms with E-state index in [1.165, 1.54) is 0 Å². The zero-order valence-corrected chi connectivity index (χ0v) is 6.97. The first-order valence-corrected chi connectivity index (χ1v) is 4.55. The predicted octanol–water partition coefficient (Wildman–Crippen LogP) is 1.67. The maximum atomic E-state index is 11.0. The summed E-state index contributed by atoms with van der Waals surface area (Å²) in [5.41, 5.74) is -0.581. The Morgan fingerprint density at radius 2 is 1.60 bits per heavy atom. The summed E-state index contributed by atoms with van der Waals surface area (Å²) < 4.78 is 26.0. The lowest BCUT2D eigenvalue weighted by molar-refractivity contribution is -0.190. The zero-order chi connectivity index (χ0) is 7.62. The highest BCUT2D eigenvalue weighted by atomic mass is 31.2. The Hall–Kier alpha value is 0.110. The van der Waals surface area contributed by atoms with E-state index in [4.69, 9.17) is 13.6 Å². The van der Waals surface area contributed by atoms with Crippen LogP contribution in [0.15, 0.2) is 0 Å². The van der Waals surface area contributed by atoms with Crippen LogP contribution in [0.25, 0.3) is 0 Å². The van der Waals surface area contributed by atoms with Gasteiger partial charge in [0.15, 0.2) is 0 Å². The summed E-state index contributed by atoms with van der Waals surface area (Å²) in [6.45, 7) is 5.30. The minimum Gasteiger partial charge on any atom is -0.275 e. The van der Waals surface area contributed by atoms with Crippen LogP contribution < -0.4 is 0 Å². The van der Waals surface area contributed by atoms with Gasteiger partial charge in [0.05, 0.1) is 0 Å². The molecule has 3 saturated heterocycles. The molecule has 0 unspecified atom stereocenters. The lowest BCUT2D eigenvalue weighted by Gasteiger charge is -2.34. The molecule has 3 heterocycles. The van der Waals surface area contributed by atoms with E-state index in [0.717, 1.165) is 0 Å². The van der Waals surface area contributed by atoms with E-state index in [1.54, 1.807) is 20.8 Å². The number of phosphoric acid groups is 1. The first kappa shape index (κ1) is 6.80. The van der Waals surface area contributed by atoms with Crippen molar-refractivity contribution in [3.8, 4) is 0 Å². The van der Waals surface area contributed by atoms with Crippen molar-refractivity contribution < 1.29 is 18.1 Å². The number of hydrogen-bond donors (Lipinski definition) is 0. The summed E-state index contributed by atoms with van der Waals surface area (Å²) >= 11 is 0. The molecule has 0 radical (unpaired) electrons. The number of hydrogen-bond acceptors (Lipinski definition) is 4. The summed E-state index contributed by atoms with van der Waals surface area (Å²) in [6, 6.07) is 0. The molecule has 2 bridgehead atoms. The van der Waals surface area contributed by atoms with E-state index in [2.05, 4.69) is 0 Å². The van der Waals surface area contributed by atoms with E-state index in [-0.39, 0.29) is 0 Å². The highest BCUT2D eigenvalue weighted by molar-refractivity contribution is 7.50. The molecule has 0 atom stereocenters. The molecule has 3 fully saturated rings. The Morgan fingerprint density at radius 3 is 1.70 bits per heavy atom. The molecule has 0 spiro atoms. The summed E-state index contributed by atoms with van der Waals surface area (Å²) in [5.74, 6) is -0.789. The monoisotopic (exact) mass is 164 g/mol. The van der Waals surface area contributed by atoms with Crippen LogP contribution in [0.3, 0.4) is 0 Å².